The van der Waals surface area contributed by atoms with Crippen molar-refractivity contribution in [3.63, 3.8) is 0 Å². The molecule has 1 fully saturated rings. The number of guanidine groups is 1. The number of pyridine rings is 1. The van der Waals surface area contributed by atoms with Crippen molar-refractivity contribution in [1.82, 2.24) is 15.6 Å². The molecule has 3 rings (SSSR count). The van der Waals surface area contributed by atoms with E-state index in [4.69, 9.17) is 4.74 Å². The lowest BCUT2D eigenvalue weighted by Crippen LogP contribution is -2.39. The Bertz CT molecular complexity index is 790. The molecule has 0 bridgehead atoms. The number of aromatic nitrogens is 1. The fraction of sp³-hybridized carbons (Fsp3) is 0.400. The standard InChI is InChI=1S/C20H26FN5O/c1-15-5-6-16(12-18(15)21)13-24-20(22-2)25-14-17-4-3-7-23-19(17)26-8-10-27-11-9-26/h3-7,12H,8-11,13-14H2,1-2H3,(H2,22,24,25). The van der Waals surface area contributed by atoms with Gasteiger partial charge >= 0.3 is 0 Å². The fourth-order valence-electron chi connectivity index (χ4n) is 2.96. The van der Waals surface area contributed by atoms with E-state index < -0.39 is 0 Å². The second kappa shape index (κ2) is 9.32. The van der Waals surface area contributed by atoms with Crippen molar-refractivity contribution in [2.24, 2.45) is 4.99 Å². The second-order valence-electron chi connectivity index (χ2n) is 6.45. The van der Waals surface area contributed by atoms with Crippen LogP contribution in [0.3, 0.4) is 0 Å². The molecule has 0 amide bonds. The zero-order valence-electron chi connectivity index (χ0n) is 15.8. The van der Waals surface area contributed by atoms with Crippen LogP contribution in [0, 0.1) is 12.7 Å². The number of morpholine rings is 1. The predicted octanol–water partition coefficient (Wildman–Crippen LogP) is 2.23. The summed E-state index contributed by atoms with van der Waals surface area (Å²) in [5.74, 6) is 1.44. The normalized spacial score (nSPS) is 14.9. The van der Waals surface area contributed by atoms with Crippen molar-refractivity contribution in [3.8, 4) is 0 Å². The molecule has 1 aliphatic heterocycles. The first-order chi connectivity index (χ1) is 13.2. The van der Waals surface area contributed by atoms with E-state index in [9.17, 15) is 4.39 Å². The molecule has 6 nitrogen and oxygen atoms in total. The molecule has 7 heteroatoms. The first kappa shape index (κ1) is 19.1. The molecule has 0 radical (unpaired) electrons. The number of rotatable bonds is 5. The summed E-state index contributed by atoms with van der Waals surface area (Å²) in [6.45, 7) is 5.99. The van der Waals surface area contributed by atoms with Crippen LogP contribution in [0.25, 0.3) is 0 Å². The van der Waals surface area contributed by atoms with Crippen molar-refractivity contribution >= 4 is 11.8 Å². The van der Waals surface area contributed by atoms with Crippen LogP contribution < -0.4 is 15.5 Å². The number of aliphatic imine (C=N–C) groups is 1. The number of anilines is 1. The molecule has 2 aromatic rings. The SMILES string of the molecule is CN=C(NCc1ccc(C)c(F)c1)NCc1cccnc1N1CCOCC1. The van der Waals surface area contributed by atoms with Crippen molar-refractivity contribution < 1.29 is 9.13 Å². The highest BCUT2D eigenvalue weighted by Gasteiger charge is 2.15. The number of ether oxygens (including phenoxy) is 1. The van der Waals surface area contributed by atoms with Crippen LogP contribution in [-0.2, 0) is 17.8 Å². The van der Waals surface area contributed by atoms with Gasteiger partial charge in [-0.05, 0) is 30.2 Å². The van der Waals surface area contributed by atoms with Crippen molar-refractivity contribution in [3.05, 3.63) is 59.0 Å². The van der Waals surface area contributed by atoms with Gasteiger partial charge in [-0.2, -0.15) is 0 Å². The molecular weight excluding hydrogens is 345 g/mol. The number of nitrogens with one attached hydrogen (secondary N) is 2. The summed E-state index contributed by atoms with van der Waals surface area (Å²) < 4.78 is 19.1. The minimum atomic E-state index is -0.192. The van der Waals surface area contributed by atoms with Gasteiger partial charge < -0.3 is 20.3 Å². The van der Waals surface area contributed by atoms with E-state index in [2.05, 4.69) is 31.6 Å². The lowest BCUT2D eigenvalue weighted by atomic mass is 10.1. The van der Waals surface area contributed by atoms with Crippen LogP contribution in [0.2, 0.25) is 0 Å². The average molecular weight is 371 g/mol. The molecule has 1 saturated heterocycles. The summed E-state index contributed by atoms with van der Waals surface area (Å²) in [7, 11) is 1.72. The molecule has 0 aliphatic carbocycles. The topological polar surface area (TPSA) is 61.8 Å². The Morgan fingerprint density at radius 2 is 2.00 bits per heavy atom. The maximum atomic E-state index is 13.7. The van der Waals surface area contributed by atoms with Gasteiger partial charge in [-0.1, -0.05) is 18.2 Å². The lowest BCUT2D eigenvalue weighted by Gasteiger charge is -2.29. The summed E-state index contributed by atoms with van der Waals surface area (Å²) >= 11 is 0. The first-order valence-electron chi connectivity index (χ1n) is 9.13. The summed E-state index contributed by atoms with van der Waals surface area (Å²) in [4.78, 5) is 11.0. The maximum Gasteiger partial charge on any atom is 0.191 e. The Labute approximate surface area is 159 Å². The molecule has 2 N–H and O–H groups in total. The van der Waals surface area contributed by atoms with E-state index >= 15 is 0 Å². The van der Waals surface area contributed by atoms with E-state index in [0.717, 1.165) is 43.2 Å². The van der Waals surface area contributed by atoms with Crippen molar-refractivity contribution in [1.29, 1.82) is 0 Å². The van der Waals surface area contributed by atoms with E-state index in [1.165, 1.54) is 0 Å². The Kier molecular flexibility index (Phi) is 6.59. The largest absolute Gasteiger partial charge is 0.378 e. The summed E-state index contributed by atoms with van der Waals surface area (Å²) in [6, 6.07) is 9.25. The second-order valence-corrected chi connectivity index (χ2v) is 6.45. The predicted molar refractivity (Wildman–Crippen MR) is 105 cm³/mol. The molecule has 1 aromatic heterocycles. The van der Waals surface area contributed by atoms with Gasteiger partial charge in [0.25, 0.3) is 0 Å². The van der Waals surface area contributed by atoms with Gasteiger partial charge in [-0.15, -0.1) is 0 Å². The molecule has 0 saturated carbocycles. The molecule has 0 unspecified atom stereocenters. The average Bonchev–Trinajstić information content (AvgIpc) is 2.71. The van der Waals surface area contributed by atoms with Gasteiger partial charge in [0.05, 0.1) is 13.2 Å². The molecule has 1 aromatic carbocycles. The fourth-order valence-corrected chi connectivity index (χ4v) is 2.96. The molecular formula is C20H26FN5O. The third-order valence-electron chi connectivity index (χ3n) is 4.54. The first-order valence-corrected chi connectivity index (χ1v) is 9.13. The summed E-state index contributed by atoms with van der Waals surface area (Å²) in [6.07, 6.45) is 1.81. The Hall–Kier alpha value is -2.67. The van der Waals surface area contributed by atoms with Gasteiger partial charge in [0, 0.05) is 45.0 Å². The van der Waals surface area contributed by atoms with Gasteiger partial charge in [-0.25, -0.2) is 9.37 Å². The number of aryl methyl sites for hydroxylation is 1. The third kappa shape index (κ3) is 5.17. The number of hydrogen-bond acceptors (Lipinski definition) is 4. The van der Waals surface area contributed by atoms with E-state index in [0.29, 0.717) is 24.6 Å². The van der Waals surface area contributed by atoms with Gasteiger partial charge in [0.1, 0.15) is 11.6 Å². The molecule has 1 aliphatic rings. The van der Waals surface area contributed by atoms with Crippen LogP contribution >= 0.6 is 0 Å². The molecule has 0 spiro atoms. The molecule has 2 heterocycles. The highest BCUT2D eigenvalue weighted by Crippen LogP contribution is 2.18. The van der Waals surface area contributed by atoms with Crippen LogP contribution in [0.5, 0.6) is 0 Å². The number of benzene rings is 1. The van der Waals surface area contributed by atoms with Crippen LogP contribution in [0.15, 0.2) is 41.5 Å². The van der Waals surface area contributed by atoms with E-state index in [1.807, 2.05) is 18.3 Å². The van der Waals surface area contributed by atoms with Gasteiger partial charge in [0.15, 0.2) is 5.96 Å². The minimum Gasteiger partial charge on any atom is -0.378 e. The lowest BCUT2D eigenvalue weighted by molar-refractivity contribution is 0.122. The summed E-state index contributed by atoms with van der Waals surface area (Å²) in [5, 5.41) is 6.53. The molecule has 27 heavy (non-hydrogen) atoms. The van der Waals surface area contributed by atoms with Crippen molar-refractivity contribution in [2.45, 2.75) is 20.0 Å². The van der Waals surface area contributed by atoms with Crippen LogP contribution in [0.4, 0.5) is 10.2 Å². The summed E-state index contributed by atoms with van der Waals surface area (Å²) in [5.41, 5.74) is 2.62. The number of hydrogen-bond donors (Lipinski definition) is 2. The number of nitrogens with zero attached hydrogens (tertiary/aromatic N) is 3. The highest BCUT2D eigenvalue weighted by molar-refractivity contribution is 5.79. The monoisotopic (exact) mass is 371 g/mol. The maximum absolute atomic E-state index is 13.7. The highest BCUT2D eigenvalue weighted by atomic mass is 19.1. The minimum absolute atomic E-state index is 0.192. The molecule has 144 valence electrons. The van der Waals surface area contributed by atoms with Gasteiger partial charge in [-0.3, -0.25) is 4.99 Å². The van der Waals surface area contributed by atoms with E-state index in [-0.39, 0.29) is 5.82 Å². The zero-order valence-corrected chi connectivity index (χ0v) is 15.8. The Morgan fingerprint density at radius 3 is 2.74 bits per heavy atom. The molecule has 0 atom stereocenters. The Balaban J connectivity index is 1.58. The quantitative estimate of drug-likeness (QED) is 0.623. The number of halogens is 1. The smallest absolute Gasteiger partial charge is 0.191 e. The third-order valence-corrected chi connectivity index (χ3v) is 4.54. The zero-order chi connectivity index (χ0) is 19.1. The van der Waals surface area contributed by atoms with Crippen LogP contribution in [0.1, 0.15) is 16.7 Å². The van der Waals surface area contributed by atoms with E-state index in [1.54, 1.807) is 26.1 Å². The van der Waals surface area contributed by atoms with Gasteiger partial charge in [0.2, 0.25) is 0 Å². The van der Waals surface area contributed by atoms with Crippen LogP contribution in [-0.4, -0.2) is 44.3 Å². The Morgan fingerprint density at radius 1 is 1.22 bits per heavy atom. The van der Waals surface area contributed by atoms with Crippen molar-refractivity contribution in [2.75, 3.05) is 38.3 Å².